The van der Waals surface area contributed by atoms with Crippen LogP contribution in [0, 0.1) is 6.92 Å². The number of benzene rings is 1. The molecule has 0 spiro atoms. The fourth-order valence-corrected chi connectivity index (χ4v) is 6.84. The van der Waals surface area contributed by atoms with Crippen LogP contribution in [0.5, 0.6) is 0 Å². The van der Waals surface area contributed by atoms with Crippen molar-refractivity contribution in [2.75, 3.05) is 13.1 Å². The molecule has 1 fully saturated rings. The minimum Gasteiger partial charge on any atom is -0.334 e. The van der Waals surface area contributed by atoms with Crippen molar-refractivity contribution in [1.82, 2.24) is 14.4 Å². The molecule has 9 heteroatoms. The molecule has 0 radical (unpaired) electrons. The summed E-state index contributed by atoms with van der Waals surface area (Å²) >= 11 is 4.55. The third-order valence-electron chi connectivity index (χ3n) is 4.63. The monoisotopic (exact) mass is 467 g/mol. The predicted molar refractivity (Wildman–Crippen MR) is 107 cm³/mol. The molecule has 27 heavy (non-hydrogen) atoms. The Hall–Kier alpha value is -1.55. The zero-order chi connectivity index (χ0) is 19.0. The molecule has 0 N–H and O–H groups in total. The highest BCUT2D eigenvalue weighted by Gasteiger charge is 2.33. The third-order valence-corrected chi connectivity index (χ3v) is 8.59. The van der Waals surface area contributed by atoms with Crippen LogP contribution >= 0.6 is 27.3 Å². The molecule has 3 heterocycles. The van der Waals surface area contributed by atoms with Crippen LogP contribution in [-0.2, 0) is 10.0 Å². The van der Waals surface area contributed by atoms with E-state index in [-0.39, 0.29) is 5.92 Å². The highest BCUT2D eigenvalue weighted by molar-refractivity contribution is 9.11. The van der Waals surface area contributed by atoms with Gasteiger partial charge in [-0.1, -0.05) is 22.9 Å². The Balaban J connectivity index is 1.54. The van der Waals surface area contributed by atoms with Crippen molar-refractivity contribution in [2.24, 2.45) is 0 Å². The lowest BCUT2D eigenvalue weighted by Crippen LogP contribution is -2.39. The molecule has 0 bridgehead atoms. The van der Waals surface area contributed by atoms with E-state index in [0.29, 0.717) is 29.0 Å². The molecule has 3 aromatic rings. The number of aryl methyl sites for hydroxylation is 1. The SMILES string of the molecule is Cc1ccc(-c2nc(C3CCCN(S(=O)(=O)c4ccc(Br)s4)C3)no2)cc1. The summed E-state index contributed by atoms with van der Waals surface area (Å²) in [5.74, 6) is 0.963. The Labute approximate surface area is 170 Å². The maximum absolute atomic E-state index is 12.9. The number of piperidine rings is 1. The minimum absolute atomic E-state index is 0.0696. The van der Waals surface area contributed by atoms with E-state index in [9.17, 15) is 8.42 Å². The van der Waals surface area contributed by atoms with Gasteiger partial charge in [-0.15, -0.1) is 11.3 Å². The van der Waals surface area contributed by atoms with Crippen LogP contribution in [0.2, 0.25) is 0 Å². The number of nitrogens with zero attached hydrogens (tertiary/aromatic N) is 3. The zero-order valence-corrected chi connectivity index (χ0v) is 17.8. The first kappa shape index (κ1) is 18.8. The summed E-state index contributed by atoms with van der Waals surface area (Å²) in [6, 6.07) is 11.3. The molecule has 1 unspecified atom stereocenters. The van der Waals surface area contributed by atoms with Gasteiger partial charge in [0.05, 0.1) is 3.79 Å². The molecule has 0 aliphatic carbocycles. The molecule has 6 nitrogen and oxygen atoms in total. The first-order chi connectivity index (χ1) is 12.9. The number of rotatable bonds is 4. The summed E-state index contributed by atoms with van der Waals surface area (Å²) in [5.41, 5.74) is 2.02. The van der Waals surface area contributed by atoms with Gasteiger partial charge < -0.3 is 4.52 Å². The summed E-state index contributed by atoms with van der Waals surface area (Å²) in [6.45, 7) is 2.90. The van der Waals surface area contributed by atoms with Crippen molar-refractivity contribution in [2.45, 2.75) is 29.9 Å². The van der Waals surface area contributed by atoms with E-state index in [1.165, 1.54) is 15.6 Å². The average molecular weight is 468 g/mol. The minimum atomic E-state index is -3.50. The van der Waals surface area contributed by atoms with Crippen LogP contribution < -0.4 is 0 Å². The first-order valence-electron chi connectivity index (χ1n) is 8.59. The number of sulfonamides is 1. The maximum Gasteiger partial charge on any atom is 0.257 e. The lowest BCUT2D eigenvalue weighted by molar-refractivity contribution is 0.303. The molecule has 1 aromatic carbocycles. The van der Waals surface area contributed by atoms with E-state index >= 15 is 0 Å². The van der Waals surface area contributed by atoms with Gasteiger partial charge in [0, 0.05) is 24.6 Å². The highest BCUT2D eigenvalue weighted by Crippen LogP contribution is 2.33. The number of hydrogen-bond acceptors (Lipinski definition) is 6. The molecular weight excluding hydrogens is 450 g/mol. The van der Waals surface area contributed by atoms with Crippen LogP contribution in [0.3, 0.4) is 0 Å². The third kappa shape index (κ3) is 3.87. The molecule has 1 aliphatic heterocycles. The standard InChI is InChI=1S/C18H18BrN3O3S2/c1-12-4-6-13(7-5-12)18-20-17(21-25-18)14-3-2-10-22(11-14)27(23,24)16-9-8-15(19)26-16/h4-9,14H,2-3,10-11H2,1H3. The molecule has 1 aliphatic rings. The van der Waals surface area contributed by atoms with Gasteiger partial charge in [0.25, 0.3) is 15.9 Å². The van der Waals surface area contributed by atoms with Gasteiger partial charge in [-0.3, -0.25) is 0 Å². The van der Waals surface area contributed by atoms with E-state index in [4.69, 9.17) is 4.52 Å². The highest BCUT2D eigenvalue weighted by atomic mass is 79.9. The van der Waals surface area contributed by atoms with Crippen LogP contribution in [0.25, 0.3) is 11.5 Å². The topological polar surface area (TPSA) is 76.3 Å². The summed E-state index contributed by atoms with van der Waals surface area (Å²) in [7, 11) is -3.50. The smallest absolute Gasteiger partial charge is 0.257 e. The van der Waals surface area contributed by atoms with Gasteiger partial charge in [-0.05, 0) is 60.0 Å². The summed E-state index contributed by atoms with van der Waals surface area (Å²) in [5, 5.41) is 4.12. The van der Waals surface area contributed by atoms with Gasteiger partial charge in [-0.2, -0.15) is 9.29 Å². The predicted octanol–water partition coefficient (Wildman–Crippen LogP) is 4.44. The van der Waals surface area contributed by atoms with Crippen molar-refractivity contribution in [3.63, 3.8) is 0 Å². The second-order valence-electron chi connectivity index (χ2n) is 6.58. The lowest BCUT2D eigenvalue weighted by atomic mass is 9.99. The quantitative estimate of drug-likeness (QED) is 0.566. The zero-order valence-electron chi connectivity index (χ0n) is 14.6. The Morgan fingerprint density at radius 1 is 1.22 bits per heavy atom. The van der Waals surface area contributed by atoms with Crippen LogP contribution in [-0.4, -0.2) is 36.0 Å². The second-order valence-corrected chi connectivity index (χ2v) is 11.2. The molecular formula is C18H18BrN3O3S2. The van der Waals surface area contributed by atoms with Crippen LogP contribution in [0.15, 0.2) is 48.9 Å². The lowest BCUT2D eigenvalue weighted by Gasteiger charge is -2.29. The average Bonchev–Trinajstić information content (AvgIpc) is 3.32. The summed E-state index contributed by atoms with van der Waals surface area (Å²) in [6.07, 6.45) is 1.61. The molecule has 1 atom stereocenters. The van der Waals surface area contributed by atoms with E-state index in [2.05, 4.69) is 26.1 Å². The normalized spacial score (nSPS) is 18.7. The van der Waals surface area contributed by atoms with E-state index in [1.807, 2.05) is 31.2 Å². The fourth-order valence-electron chi connectivity index (χ4n) is 3.15. The largest absolute Gasteiger partial charge is 0.334 e. The molecule has 0 saturated carbocycles. The van der Waals surface area contributed by atoms with Gasteiger partial charge in [0.15, 0.2) is 5.82 Å². The number of hydrogen-bond donors (Lipinski definition) is 0. The van der Waals surface area contributed by atoms with E-state index in [1.54, 1.807) is 12.1 Å². The van der Waals surface area contributed by atoms with Crippen molar-refractivity contribution in [3.05, 3.63) is 51.6 Å². The van der Waals surface area contributed by atoms with Gasteiger partial charge >= 0.3 is 0 Å². The second kappa shape index (κ2) is 7.46. The Morgan fingerprint density at radius 3 is 2.70 bits per heavy atom. The molecule has 0 amide bonds. The molecule has 142 valence electrons. The molecule has 2 aromatic heterocycles. The van der Waals surface area contributed by atoms with Crippen molar-refractivity contribution in [3.8, 4) is 11.5 Å². The van der Waals surface area contributed by atoms with Crippen molar-refractivity contribution >= 4 is 37.3 Å². The Morgan fingerprint density at radius 2 is 2.00 bits per heavy atom. The first-order valence-corrected chi connectivity index (χ1v) is 11.6. The van der Waals surface area contributed by atoms with Gasteiger partial charge in [0.1, 0.15) is 4.21 Å². The van der Waals surface area contributed by atoms with E-state index in [0.717, 1.165) is 27.8 Å². The van der Waals surface area contributed by atoms with Crippen molar-refractivity contribution < 1.29 is 12.9 Å². The van der Waals surface area contributed by atoms with E-state index < -0.39 is 10.0 Å². The Kier molecular flexibility index (Phi) is 5.19. The van der Waals surface area contributed by atoms with Crippen molar-refractivity contribution in [1.29, 1.82) is 0 Å². The maximum atomic E-state index is 12.9. The Bertz CT molecular complexity index is 1040. The number of thiophene rings is 1. The number of aromatic nitrogens is 2. The summed E-state index contributed by atoms with van der Waals surface area (Å²) in [4.78, 5) is 4.52. The molecule has 4 rings (SSSR count). The van der Waals surface area contributed by atoms with Gasteiger partial charge in [-0.25, -0.2) is 8.42 Å². The van der Waals surface area contributed by atoms with Crippen LogP contribution in [0.1, 0.15) is 30.1 Å². The number of halogens is 1. The molecule has 1 saturated heterocycles. The fraction of sp³-hybridized carbons (Fsp3) is 0.333. The van der Waals surface area contributed by atoms with Gasteiger partial charge in [0.2, 0.25) is 0 Å². The van der Waals surface area contributed by atoms with Crippen LogP contribution in [0.4, 0.5) is 0 Å². The summed E-state index contributed by atoms with van der Waals surface area (Å²) < 4.78 is 33.9.